The van der Waals surface area contributed by atoms with Crippen LogP contribution in [0.4, 0.5) is 5.69 Å². The highest BCUT2D eigenvalue weighted by molar-refractivity contribution is 7.99. The van der Waals surface area contributed by atoms with E-state index in [9.17, 15) is 4.79 Å². The summed E-state index contributed by atoms with van der Waals surface area (Å²) in [6.07, 6.45) is 1.64. The van der Waals surface area contributed by atoms with Gasteiger partial charge in [-0.2, -0.15) is 4.98 Å². The topological polar surface area (TPSA) is 99.4 Å². The van der Waals surface area contributed by atoms with Crippen LogP contribution < -0.4 is 14.8 Å². The molecule has 0 aliphatic carbocycles. The van der Waals surface area contributed by atoms with Crippen LogP contribution in [0, 0.1) is 6.92 Å². The Labute approximate surface area is 160 Å². The molecule has 1 aromatic carbocycles. The molecule has 0 saturated carbocycles. The van der Waals surface area contributed by atoms with Crippen molar-refractivity contribution in [3.63, 3.8) is 0 Å². The Kier molecular flexibility index (Phi) is 5.92. The van der Waals surface area contributed by atoms with Gasteiger partial charge in [0.2, 0.25) is 5.91 Å². The molecular formula is C18H18N4O4S. The monoisotopic (exact) mass is 386 g/mol. The maximum Gasteiger partial charge on any atom is 0.259 e. The second kappa shape index (κ2) is 8.54. The van der Waals surface area contributed by atoms with E-state index in [1.165, 1.54) is 11.8 Å². The van der Waals surface area contributed by atoms with Crippen LogP contribution in [0.2, 0.25) is 0 Å². The second-order valence-electron chi connectivity index (χ2n) is 5.43. The quantitative estimate of drug-likeness (QED) is 0.618. The third-order valence-electron chi connectivity index (χ3n) is 3.54. The fourth-order valence-electron chi connectivity index (χ4n) is 2.24. The number of nitrogens with one attached hydrogen (secondary N) is 1. The number of pyridine rings is 1. The predicted octanol–water partition coefficient (Wildman–Crippen LogP) is 3.19. The Morgan fingerprint density at radius 1 is 1.22 bits per heavy atom. The number of amides is 1. The zero-order chi connectivity index (χ0) is 19.2. The summed E-state index contributed by atoms with van der Waals surface area (Å²) >= 11 is 1.32. The first-order valence-corrected chi connectivity index (χ1v) is 8.99. The lowest BCUT2D eigenvalue weighted by Crippen LogP contribution is -2.14. The first kappa shape index (κ1) is 18.7. The summed E-state index contributed by atoms with van der Waals surface area (Å²) in [5, 5.41) is 7.28. The van der Waals surface area contributed by atoms with E-state index in [2.05, 4.69) is 20.4 Å². The number of rotatable bonds is 7. The molecule has 0 radical (unpaired) electrons. The maximum atomic E-state index is 12.3. The average Bonchev–Trinajstić information content (AvgIpc) is 3.13. The lowest BCUT2D eigenvalue weighted by Gasteiger charge is -2.11. The van der Waals surface area contributed by atoms with Crippen molar-refractivity contribution in [1.82, 2.24) is 15.1 Å². The molecule has 27 heavy (non-hydrogen) atoms. The van der Waals surface area contributed by atoms with Crippen molar-refractivity contribution >= 4 is 23.4 Å². The van der Waals surface area contributed by atoms with Crippen molar-refractivity contribution < 1.29 is 18.8 Å². The molecule has 0 spiro atoms. The van der Waals surface area contributed by atoms with Crippen molar-refractivity contribution in [1.29, 1.82) is 0 Å². The number of carbonyl (C=O) groups excluding carboxylic acids is 1. The Bertz CT molecular complexity index is 927. The molecule has 140 valence electrons. The van der Waals surface area contributed by atoms with Gasteiger partial charge >= 0.3 is 0 Å². The normalized spacial score (nSPS) is 10.5. The van der Waals surface area contributed by atoms with Crippen molar-refractivity contribution in [2.24, 2.45) is 0 Å². The third kappa shape index (κ3) is 4.76. The van der Waals surface area contributed by atoms with E-state index in [1.807, 2.05) is 6.07 Å². The zero-order valence-corrected chi connectivity index (χ0v) is 15.9. The van der Waals surface area contributed by atoms with Gasteiger partial charge in [-0.1, -0.05) is 16.9 Å². The summed E-state index contributed by atoms with van der Waals surface area (Å²) in [6.45, 7) is 1.75. The molecule has 0 bridgehead atoms. The van der Waals surface area contributed by atoms with E-state index >= 15 is 0 Å². The number of nitrogens with zero attached hydrogens (tertiary/aromatic N) is 3. The molecule has 3 aromatic rings. The third-order valence-corrected chi connectivity index (χ3v) is 4.49. The van der Waals surface area contributed by atoms with Gasteiger partial charge in [-0.25, -0.2) is 4.98 Å². The lowest BCUT2D eigenvalue weighted by atomic mass is 10.2. The number of aryl methyl sites for hydroxylation is 1. The molecule has 2 aromatic heterocycles. The highest BCUT2D eigenvalue weighted by Gasteiger charge is 2.11. The SMILES string of the molecule is COc1ccc(OC)c(NC(=O)CSc2ccc(-c3nc(C)no3)cn2)c1. The largest absolute Gasteiger partial charge is 0.497 e. The van der Waals surface area contributed by atoms with E-state index in [4.69, 9.17) is 14.0 Å². The van der Waals surface area contributed by atoms with Gasteiger partial charge in [0.25, 0.3) is 5.89 Å². The second-order valence-corrected chi connectivity index (χ2v) is 6.43. The molecule has 1 N–H and O–H groups in total. The first-order valence-electron chi connectivity index (χ1n) is 8.00. The van der Waals surface area contributed by atoms with Crippen LogP contribution in [0.15, 0.2) is 46.1 Å². The fourth-order valence-corrected chi connectivity index (χ4v) is 2.89. The molecule has 0 unspecified atom stereocenters. The van der Waals surface area contributed by atoms with E-state index in [1.54, 1.807) is 51.6 Å². The lowest BCUT2D eigenvalue weighted by molar-refractivity contribution is -0.113. The van der Waals surface area contributed by atoms with Crippen molar-refractivity contribution in [3.05, 3.63) is 42.4 Å². The number of hydrogen-bond acceptors (Lipinski definition) is 8. The first-order chi connectivity index (χ1) is 13.1. The molecule has 9 heteroatoms. The van der Waals surface area contributed by atoms with Gasteiger partial charge < -0.3 is 19.3 Å². The number of anilines is 1. The molecule has 2 heterocycles. The number of methoxy groups -OCH3 is 2. The number of aromatic nitrogens is 3. The summed E-state index contributed by atoms with van der Waals surface area (Å²) in [4.78, 5) is 20.7. The van der Waals surface area contributed by atoms with Crippen LogP contribution in [0.1, 0.15) is 5.82 Å². The molecule has 8 nitrogen and oxygen atoms in total. The van der Waals surface area contributed by atoms with Crippen molar-refractivity contribution in [2.75, 3.05) is 25.3 Å². The van der Waals surface area contributed by atoms with Gasteiger partial charge in [0.05, 0.1) is 36.2 Å². The minimum Gasteiger partial charge on any atom is -0.497 e. The average molecular weight is 386 g/mol. The van der Waals surface area contributed by atoms with Gasteiger partial charge in [-0.15, -0.1) is 0 Å². The summed E-state index contributed by atoms with van der Waals surface area (Å²) in [6, 6.07) is 8.84. The van der Waals surface area contributed by atoms with E-state index in [0.29, 0.717) is 33.9 Å². The number of thioether (sulfide) groups is 1. The summed E-state index contributed by atoms with van der Waals surface area (Å²) in [7, 11) is 3.11. The van der Waals surface area contributed by atoms with Crippen LogP contribution in [0.5, 0.6) is 11.5 Å². The van der Waals surface area contributed by atoms with Gasteiger partial charge in [0.15, 0.2) is 5.82 Å². The Balaban J connectivity index is 1.59. The molecular weight excluding hydrogens is 368 g/mol. The van der Waals surface area contributed by atoms with Gasteiger partial charge in [0.1, 0.15) is 11.5 Å². The molecule has 0 fully saturated rings. The minimum absolute atomic E-state index is 0.176. The highest BCUT2D eigenvalue weighted by atomic mass is 32.2. The molecule has 0 aliphatic rings. The van der Waals surface area contributed by atoms with E-state index < -0.39 is 0 Å². The van der Waals surface area contributed by atoms with Crippen molar-refractivity contribution in [3.8, 4) is 23.0 Å². The Morgan fingerprint density at radius 2 is 2.07 bits per heavy atom. The number of ether oxygens (including phenoxy) is 2. The van der Waals surface area contributed by atoms with Crippen molar-refractivity contribution in [2.45, 2.75) is 11.9 Å². The summed E-state index contributed by atoms with van der Waals surface area (Å²) in [5.74, 6) is 2.20. The molecule has 0 atom stereocenters. The van der Waals surface area contributed by atoms with Crippen LogP contribution in [0.25, 0.3) is 11.5 Å². The number of benzene rings is 1. The molecule has 0 saturated heterocycles. The summed E-state index contributed by atoms with van der Waals surface area (Å²) in [5.41, 5.74) is 1.28. The van der Waals surface area contributed by atoms with Crippen LogP contribution in [0.3, 0.4) is 0 Å². The fraction of sp³-hybridized carbons (Fsp3) is 0.222. The predicted molar refractivity (Wildman–Crippen MR) is 101 cm³/mol. The van der Waals surface area contributed by atoms with E-state index in [0.717, 1.165) is 5.56 Å². The minimum atomic E-state index is -0.176. The smallest absolute Gasteiger partial charge is 0.259 e. The maximum absolute atomic E-state index is 12.3. The molecule has 1 amide bonds. The molecule has 0 aliphatic heterocycles. The highest BCUT2D eigenvalue weighted by Crippen LogP contribution is 2.29. The van der Waals surface area contributed by atoms with E-state index in [-0.39, 0.29) is 11.7 Å². The van der Waals surface area contributed by atoms with Crippen LogP contribution >= 0.6 is 11.8 Å². The Morgan fingerprint density at radius 3 is 2.70 bits per heavy atom. The number of hydrogen-bond donors (Lipinski definition) is 1. The van der Waals surface area contributed by atoms with Gasteiger partial charge in [0, 0.05) is 12.3 Å². The summed E-state index contributed by atoms with van der Waals surface area (Å²) < 4.78 is 15.5. The standard InChI is InChI=1S/C18H18N4O4S/c1-11-20-18(26-22-11)12-4-7-17(19-9-12)27-10-16(23)21-14-8-13(24-2)5-6-15(14)25-3/h4-9H,10H2,1-3H3,(H,21,23). The van der Waals surface area contributed by atoms with Crippen LogP contribution in [-0.4, -0.2) is 41.0 Å². The zero-order valence-electron chi connectivity index (χ0n) is 15.1. The molecule has 3 rings (SSSR count). The Hall–Kier alpha value is -3.07. The van der Waals surface area contributed by atoms with Gasteiger partial charge in [-0.05, 0) is 31.2 Å². The van der Waals surface area contributed by atoms with Crippen LogP contribution in [-0.2, 0) is 4.79 Å². The van der Waals surface area contributed by atoms with Gasteiger partial charge in [-0.3, -0.25) is 4.79 Å². The number of carbonyl (C=O) groups is 1.